The predicted molar refractivity (Wildman–Crippen MR) is 80.2 cm³/mol. The first kappa shape index (κ1) is 14.3. The minimum absolute atomic E-state index is 0.329. The lowest BCUT2D eigenvalue weighted by Gasteiger charge is -2.12. The molecule has 0 aliphatic rings. The zero-order valence-electron chi connectivity index (χ0n) is 11.9. The molecule has 0 radical (unpaired) electrons. The first-order valence-electron chi connectivity index (χ1n) is 6.57. The Balaban J connectivity index is 2.23. The summed E-state index contributed by atoms with van der Waals surface area (Å²) in [6, 6.07) is 9.15. The average molecular weight is 271 g/mol. The SMILES string of the molecule is COc1cc(/C=C/c2ccc(F)cn2)ccc1C(C)C. The Kier molecular flexibility index (Phi) is 4.51. The van der Waals surface area contributed by atoms with E-state index in [0.717, 1.165) is 17.0 Å². The number of hydrogen-bond donors (Lipinski definition) is 0. The molecule has 0 N–H and O–H groups in total. The van der Waals surface area contributed by atoms with E-state index in [0.29, 0.717) is 5.92 Å². The minimum atomic E-state index is -0.329. The van der Waals surface area contributed by atoms with Crippen LogP contribution in [0.5, 0.6) is 5.75 Å². The number of nitrogens with zero attached hydrogens (tertiary/aromatic N) is 1. The maximum Gasteiger partial charge on any atom is 0.141 e. The molecule has 0 saturated carbocycles. The van der Waals surface area contributed by atoms with Crippen molar-refractivity contribution >= 4 is 12.2 Å². The van der Waals surface area contributed by atoms with Gasteiger partial charge in [-0.3, -0.25) is 4.98 Å². The van der Waals surface area contributed by atoms with E-state index in [1.54, 1.807) is 13.2 Å². The third-order valence-electron chi connectivity index (χ3n) is 3.08. The Labute approximate surface area is 118 Å². The van der Waals surface area contributed by atoms with Gasteiger partial charge in [0.2, 0.25) is 0 Å². The third kappa shape index (κ3) is 3.44. The first-order chi connectivity index (χ1) is 9.60. The molecule has 0 unspecified atom stereocenters. The zero-order chi connectivity index (χ0) is 14.5. The van der Waals surface area contributed by atoms with Gasteiger partial charge >= 0.3 is 0 Å². The van der Waals surface area contributed by atoms with Crippen molar-refractivity contribution in [3.8, 4) is 5.75 Å². The van der Waals surface area contributed by atoms with Gasteiger partial charge in [0.15, 0.2) is 0 Å². The van der Waals surface area contributed by atoms with Gasteiger partial charge in [-0.1, -0.05) is 32.1 Å². The summed E-state index contributed by atoms with van der Waals surface area (Å²) in [6.45, 7) is 4.27. The highest BCUT2D eigenvalue weighted by molar-refractivity contribution is 5.69. The Morgan fingerprint density at radius 2 is 1.95 bits per heavy atom. The first-order valence-corrected chi connectivity index (χ1v) is 6.57. The van der Waals surface area contributed by atoms with Gasteiger partial charge in [0.05, 0.1) is 19.0 Å². The molecule has 2 aromatic rings. The number of halogens is 1. The lowest BCUT2D eigenvalue weighted by molar-refractivity contribution is 0.407. The lowest BCUT2D eigenvalue weighted by Crippen LogP contribution is -1.94. The van der Waals surface area contributed by atoms with Crippen molar-refractivity contribution in [3.05, 3.63) is 59.2 Å². The van der Waals surface area contributed by atoms with Crippen LogP contribution < -0.4 is 4.74 Å². The van der Waals surface area contributed by atoms with E-state index in [2.05, 4.69) is 24.9 Å². The second-order valence-electron chi connectivity index (χ2n) is 4.89. The summed E-state index contributed by atoms with van der Waals surface area (Å²) in [5.74, 6) is 0.973. The maximum atomic E-state index is 12.8. The van der Waals surface area contributed by atoms with Crippen molar-refractivity contribution < 1.29 is 9.13 Å². The molecule has 1 aromatic carbocycles. The summed E-state index contributed by atoms with van der Waals surface area (Å²) in [6.07, 6.45) is 5.00. The fraction of sp³-hybridized carbons (Fsp3) is 0.235. The molecule has 2 nitrogen and oxygen atoms in total. The van der Waals surface area contributed by atoms with E-state index in [4.69, 9.17) is 4.74 Å². The average Bonchev–Trinajstić information content (AvgIpc) is 2.46. The molecular formula is C17H18FNO. The molecule has 0 bridgehead atoms. The van der Waals surface area contributed by atoms with Gasteiger partial charge in [-0.15, -0.1) is 0 Å². The highest BCUT2D eigenvalue weighted by atomic mass is 19.1. The molecule has 0 fully saturated rings. The standard InChI is InChI=1S/C17H18FNO/c1-12(2)16-9-5-13(10-17(16)20-3)4-7-15-8-6-14(18)11-19-15/h4-12H,1-3H3/b7-4+. The van der Waals surface area contributed by atoms with E-state index in [1.165, 1.54) is 17.8 Å². The predicted octanol–water partition coefficient (Wildman–Crippen LogP) is 4.52. The number of ether oxygens (including phenoxy) is 1. The van der Waals surface area contributed by atoms with Crippen LogP contribution in [0.25, 0.3) is 12.2 Å². The van der Waals surface area contributed by atoms with Crippen LogP contribution in [0.4, 0.5) is 4.39 Å². The van der Waals surface area contributed by atoms with Crippen molar-refractivity contribution in [2.24, 2.45) is 0 Å². The summed E-state index contributed by atoms with van der Waals surface area (Å²) >= 11 is 0. The van der Waals surface area contributed by atoms with E-state index in [-0.39, 0.29) is 5.82 Å². The van der Waals surface area contributed by atoms with Gasteiger partial charge in [0.1, 0.15) is 11.6 Å². The maximum absolute atomic E-state index is 12.8. The Bertz CT molecular complexity index is 603. The van der Waals surface area contributed by atoms with Gasteiger partial charge < -0.3 is 4.74 Å². The van der Waals surface area contributed by atoms with Gasteiger partial charge in [0.25, 0.3) is 0 Å². The van der Waals surface area contributed by atoms with Crippen molar-refractivity contribution in [1.29, 1.82) is 0 Å². The molecule has 0 spiro atoms. The zero-order valence-corrected chi connectivity index (χ0v) is 11.9. The van der Waals surface area contributed by atoms with E-state index in [9.17, 15) is 4.39 Å². The minimum Gasteiger partial charge on any atom is -0.496 e. The van der Waals surface area contributed by atoms with Gasteiger partial charge in [-0.25, -0.2) is 4.39 Å². The number of aromatic nitrogens is 1. The summed E-state index contributed by atoms with van der Waals surface area (Å²) < 4.78 is 18.2. The highest BCUT2D eigenvalue weighted by Gasteiger charge is 2.06. The highest BCUT2D eigenvalue weighted by Crippen LogP contribution is 2.27. The fourth-order valence-electron chi connectivity index (χ4n) is 1.98. The number of rotatable bonds is 4. The van der Waals surface area contributed by atoms with Gasteiger partial charge in [-0.2, -0.15) is 0 Å². The van der Waals surface area contributed by atoms with Crippen LogP contribution in [-0.4, -0.2) is 12.1 Å². The summed E-state index contributed by atoms with van der Waals surface area (Å²) in [4.78, 5) is 3.99. The molecule has 1 heterocycles. The largest absolute Gasteiger partial charge is 0.496 e. The molecule has 20 heavy (non-hydrogen) atoms. The van der Waals surface area contributed by atoms with Gasteiger partial charge in [-0.05, 0) is 41.3 Å². The van der Waals surface area contributed by atoms with Crippen molar-refractivity contribution in [2.45, 2.75) is 19.8 Å². The van der Waals surface area contributed by atoms with Crippen LogP contribution in [0.1, 0.15) is 36.6 Å². The Hall–Kier alpha value is -2.16. The van der Waals surface area contributed by atoms with Gasteiger partial charge in [0, 0.05) is 0 Å². The molecule has 104 valence electrons. The smallest absolute Gasteiger partial charge is 0.141 e. The van der Waals surface area contributed by atoms with Crippen LogP contribution in [0.15, 0.2) is 36.5 Å². The quantitative estimate of drug-likeness (QED) is 0.815. The molecule has 0 saturated heterocycles. The molecular weight excluding hydrogens is 253 g/mol. The van der Waals surface area contributed by atoms with Crippen LogP contribution in [0.2, 0.25) is 0 Å². The second kappa shape index (κ2) is 6.33. The third-order valence-corrected chi connectivity index (χ3v) is 3.08. The summed E-state index contributed by atoms with van der Waals surface area (Å²) in [5, 5.41) is 0. The van der Waals surface area contributed by atoms with Crippen LogP contribution >= 0.6 is 0 Å². The van der Waals surface area contributed by atoms with Crippen LogP contribution in [-0.2, 0) is 0 Å². The number of hydrogen-bond acceptors (Lipinski definition) is 2. The Morgan fingerprint density at radius 1 is 1.15 bits per heavy atom. The van der Waals surface area contributed by atoms with Crippen molar-refractivity contribution in [2.75, 3.05) is 7.11 Å². The normalized spacial score (nSPS) is 11.2. The topological polar surface area (TPSA) is 22.1 Å². The molecule has 0 atom stereocenters. The fourth-order valence-corrected chi connectivity index (χ4v) is 1.98. The van der Waals surface area contributed by atoms with Crippen molar-refractivity contribution in [1.82, 2.24) is 4.98 Å². The van der Waals surface area contributed by atoms with E-state index in [1.807, 2.05) is 24.3 Å². The van der Waals surface area contributed by atoms with Crippen LogP contribution in [0.3, 0.4) is 0 Å². The monoisotopic (exact) mass is 271 g/mol. The Morgan fingerprint density at radius 3 is 2.55 bits per heavy atom. The number of methoxy groups -OCH3 is 1. The summed E-state index contributed by atoms with van der Waals surface area (Å²) in [5.41, 5.74) is 2.93. The molecule has 3 heteroatoms. The molecule has 0 aliphatic heterocycles. The lowest BCUT2D eigenvalue weighted by atomic mass is 10.00. The van der Waals surface area contributed by atoms with Crippen LogP contribution in [0, 0.1) is 5.82 Å². The molecule has 0 aliphatic carbocycles. The summed E-state index contributed by atoms with van der Waals surface area (Å²) in [7, 11) is 1.68. The van der Waals surface area contributed by atoms with E-state index < -0.39 is 0 Å². The number of benzene rings is 1. The molecule has 2 rings (SSSR count). The van der Waals surface area contributed by atoms with E-state index >= 15 is 0 Å². The molecule has 1 aromatic heterocycles. The van der Waals surface area contributed by atoms with Crippen molar-refractivity contribution in [3.63, 3.8) is 0 Å². The molecule has 0 amide bonds. The number of pyridine rings is 1. The second-order valence-corrected chi connectivity index (χ2v) is 4.89.